The first kappa shape index (κ1) is 12.1. The zero-order valence-corrected chi connectivity index (χ0v) is 11.6. The molecule has 2 nitrogen and oxygen atoms in total. The van der Waals surface area contributed by atoms with Crippen LogP contribution in [0, 0.1) is 0 Å². The molecule has 0 heterocycles. The topological polar surface area (TPSA) is 15.3 Å². The molecule has 0 aromatic heterocycles. The minimum atomic E-state index is 0.146. The van der Waals surface area contributed by atoms with E-state index in [1.54, 1.807) is 0 Å². The number of nitrogens with zero attached hydrogens (tertiary/aromatic N) is 1. The van der Waals surface area contributed by atoms with Crippen molar-refractivity contribution in [3.63, 3.8) is 0 Å². The van der Waals surface area contributed by atoms with Gasteiger partial charge >= 0.3 is 0 Å². The lowest BCUT2D eigenvalue weighted by Crippen LogP contribution is -2.21. The Labute approximate surface area is 115 Å². The summed E-state index contributed by atoms with van der Waals surface area (Å²) in [6, 6.07) is 19.3. The Balaban J connectivity index is 1.90. The summed E-state index contributed by atoms with van der Waals surface area (Å²) < 4.78 is 0. The van der Waals surface area contributed by atoms with Crippen LogP contribution < -0.4 is 10.2 Å². The minimum absolute atomic E-state index is 0.146. The summed E-state index contributed by atoms with van der Waals surface area (Å²) in [6.07, 6.45) is 2.41. The summed E-state index contributed by atoms with van der Waals surface area (Å²) in [5.74, 6) is 0. The maximum absolute atomic E-state index is 3.75. The van der Waals surface area contributed by atoms with Crippen molar-refractivity contribution in [1.82, 2.24) is 0 Å². The lowest BCUT2D eigenvalue weighted by molar-refractivity contribution is 0.807. The number of para-hydroxylation sites is 2. The van der Waals surface area contributed by atoms with Crippen molar-refractivity contribution in [3.05, 3.63) is 60.2 Å². The Hall–Kier alpha value is -1.96. The van der Waals surface area contributed by atoms with E-state index in [1.807, 2.05) is 0 Å². The molecule has 1 saturated carbocycles. The van der Waals surface area contributed by atoms with Gasteiger partial charge in [-0.2, -0.15) is 0 Å². The van der Waals surface area contributed by atoms with Gasteiger partial charge in [-0.25, -0.2) is 0 Å². The van der Waals surface area contributed by atoms with Crippen molar-refractivity contribution < 1.29 is 0 Å². The number of benzene rings is 2. The highest BCUT2D eigenvalue weighted by Gasteiger charge is 2.44. The molecule has 19 heavy (non-hydrogen) atoms. The number of nitrogens with one attached hydrogen (secondary N) is 1. The molecule has 1 N–H and O–H groups in total. The summed E-state index contributed by atoms with van der Waals surface area (Å²) in [6.45, 7) is 0. The highest BCUT2D eigenvalue weighted by atomic mass is 15.1. The van der Waals surface area contributed by atoms with E-state index in [-0.39, 0.29) is 5.54 Å². The maximum Gasteiger partial charge on any atom is 0.0627 e. The molecule has 1 aliphatic carbocycles. The standard InChI is InChI=1S/C17H20N2/c1-19(2)16-11-7-6-10-15(16)18-17(12-13-17)14-8-4-3-5-9-14/h3-11,18H,12-13H2,1-2H3. The van der Waals surface area contributed by atoms with Crippen LogP contribution in [0.2, 0.25) is 0 Å². The van der Waals surface area contributed by atoms with E-state index in [0.29, 0.717) is 0 Å². The summed E-state index contributed by atoms with van der Waals surface area (Å²) in [5.41, 5.74) is 4.00. The molecule has 0 bridgehead atoms. The van der Waals surface area contributed by atoms with Gasteiger partial charge in [-0.1, -0.05) is 42.5 Å². The van der Waals surface area contributed by atoms with Gasteiger partial charge < -0.3 is 10.2 Å². The number of anilines is 2. The molecule has 1 aliphatic rings. The highest BCUT2D eigenvalue weighted by molar-refractivity contribution is 5.71. The second kappa shape index (κ2) is 4.61. The van der Waals surface area contributed by atoms with Crippen molar-refractivity contribution in [2.45, 2.75) is 18.4 Å². The summed E-state index contributed by atoms with van der Waals surface area (Å²) in [5, 5.41) is 3.75. The molecule has 0 spiro atoms. The van der Waals surface area contributed by atoms with Gasteiger partial charge in [0, 0.05) is 14.1 Å². The molecule has 98 valence electrons. The van der Waals surface area contributed by atoms with Crippen molar-refractivity contribution >= 4 is 11.4 Å². The van der Waals surface area contributed by atoms with Crippen LogP contribution in [0.3, 0.4) is 0 Å². The van der Waals surface area contributed by atoms with Gasteiger partial charge in [0.05, 0.1) is 16.9 Å². The smallest absolute Gasteiger partial charge is 0.0627 e. The van der Waals surface area contributed by atoms with E-state index in [2.05, 4.69) is 78.9 Å². The molecule has 3 rings (SSSR count). The Bertz CT molecular complexity index is 556. The van der Waals surface area contributed by atoms with Gasteiger partial charge in [0.2, 0.25) is 0 Å². The zero-order chi connectivity index (χ0) is 13.3. The molecule has 0 radical (unpaired) electrons. The molecule has 0 amide bonds. The van der Waals surface area contributed by atoms with Crippen LogP contribution in [0.15, 0.2) is 54.6 Å². The van der Waals surface area contributed by atoms with Gasteiger partial charge in [-0.15, -0.1) is 0 Å². The van der Waals surface area contributed by atoms with Crippen molar-refractivity contribution in [2.75, 3.05) is 24.3 Å². The predicted octanol–water partition coefficient (Wildman–Crippen LogP) is 3.85. The van der Waals surface area contributed by atoms with Crippen LogP contribution in [-0.2, 0) is 5.54 Å². The lowest BCUT2D eigenvalue weighted by Gasteiger charge is -2.24. The van der Waals surface area contributed by atoms with E-state index in [1.165, 1.54) is 29.8 Å². The normalized spacial score (nSPS) is 15.9. The fourth-order valence-electron chi connectivity index (χ4n) is 2.60. The first-order chi connectivity index (χ1) is 9.21. The van der Waals surface area contributed by atoms with Crippen LogP contribution in [0.25, 0.3) is 0 Å². The molecule has 2 aromatic carbocycles. The van der Waals surface area contributed by atoms with E-state index >= 15 is 0 Å². The van der Waals surface area contributed by atoms with Crippen LogP contribution in [0.1, 0.15) is 18.4 Å². The third-order valence-electron chi connectivity index (χ3n) is 3.84. The van der Waals surface area contributed by atoms with Gasteiger partial charge in [0.25, 0.3) is 0 Å². The fraction of sp³-hybridized carbons (Fsp3) is 0.294. The second-order valence-corrected chi connectivity index (χ2v) is 5.48. The second-order valence-electron chi connectivity index (χ2n) is 5.48. The zero-order valence-electron chi connectivity index (χ0n) is 11.6. The van der Waals surface area contributed by atoms with Crippen LogP contribution >= 0.6 is 0 Å². The quantitative estimate of drug-likeness (QED) is 0.889. The first-order valence-electron chi connectivity index (χ1n) is 6.81. The Morgan fingerprint density at radius 2 is 1.53 bits per heavy atom. The monoisotopic (exact) mass is 252 g/mol. The third kappa shape index (κ3) is 2.30. The average molecular weight is 252 g/mol. The molecular weight excluding hydrogens is 232 g/mol. The predicted molar refractivity (Wildman–Crippen MR) is 81.7 cm³/mol. The van der Waals surface area contributed by atoms with Crippen molar-refractivity contribution in [1.29, 1.82) is 0 Å². The molecule has 0 saturated heterocycles. The van der Waals surface area contributed by atoms with Gasteiger partial charge in [0.1, 0.15) is 0 Å². The Morgan fingerprint density at radius 1 is 0.895 bits per heavy atom. The molecular formula is C17H20N2. The molecule has 2 aromatic rings. The van der Waals surface area contributed by atoms with Crippen LogP contribution in [0.5, 0.6) is 0 Å². The van der Waals surface area contributed by atoms with E-state index < -0.39 is 0 Å². The van der Waals surface area contributed by atoms with Crippen LogP contribution in [0.4, 0.5) is 11.4 Å². The molecule has 1 fully saturated rings. The third-order valence-corrected chi connectivity index (χ3v) is 3.84. The van der Waals surface area contributed by atoms with E-state index in [9.17, 15) is 0 Å². The average Bonchev–Trinajstić information content (AvgIpc) is 3.21. The van der Waals surface area contributed by atoms with Gasteiger partial charge in [-0.3, -0.25) is 0 Å². The van der Waals surface area contributed by atoms with E-state index in [4.69, 9.17) is 0 Å². The fourth-order valence-corrected chi connectivity index (χ4v) is 2.60. The summed E-state index contributed by atoms with van der Waals surface area (Å²) in [4.78, 5) is 2.16. The first-order valence-corrected chi connectivity index (χ1v) is 6.81. The minimum Gasteiger partial charge on any atom is -0.376 e. The SMILES string of the molecule is CN(C)c1ccccc1NC1(c2ccccc2)CC1. The van der Waals surface area contributed by atoms with Gasteiger partial charge in [-0.05, 0) is 30.5 Å². The van der Waals surface area contributed by atoms with Crippen molar-refractivity contribution in [3.8, 4) is 0 Å². The lowest BCUT2D eigenvalue weighted by atomic mass is 10.0. The number of hydrogen-bond donors (Lipinski definition) is 1. The van der Waals surface area contributed by atoms with Gasteiger partial charge in [0.15, 0.2) is 0 Å². The Kier molecular flexibility index (Phi) is 2.94. The maximum atomic E-state index is 3.75. The van der Waals surface area contributed by atoms with Crippen molar-refractivity contribution in [2.24, 2.45) is 0 Å². The Morgan fingerprint density at radius 3 is 2.16 bits per heavy atom. The number of hydrogen-bond acceptors (Lipinski definition) is 2. The van der Waals surface area contributed by atoms with E-state index in [0.717, 1.165) is 0 Å². The molecule has 0 atom stereocenters. The molecule has 0 aliphatic heterocycles. The summed E-state index contributed by atoms with van der Waals surface area (Å²) >= 11 is 0. The number of rotatable bonds is 4. The van der Waals surface area contributed by atoms with Crippen LogP contribution in [-0.4, -0.2) is 14.1 Å². The molecule has 2 heteroatoms. The highest BCUT2D eigenvalue weighted by Crippen LogP contribution is 2.49. The molecule has 0 unspecified atom stereocenters. The summed E-state index contributed by atoms with van der Waals surface area (Å²) in [7, 11) is 4.17. The largest absolute Gasteiger partial charge is 0.376 e.